The van der Waals surface area contributed by atoms with E-state index in [0.29, 0.717) is 17.2 Å². The van der Waals surface area contributed by atoms with E-state index in [1.54, 1.807) is 36.5 Å². The van der Waals surface area contributed by atoms with Crippen LogP contribution in [0.25, 0.3) is 11.3 Å². The summed E-state index contributed by atoms with van der Waals surface area (Å²) in [5.41, 5.74) is 0.661. The number of anilines is 2. The molecule has 10 nitrogen and oxygen atoms in total. The molecule has 5 rings (SSSR count). The average molecular weight is 578 g/mol. The first kappa shape index (κ1) is 27.9. The van der Waals surface area contributed by atoms with Crippen molar-refractivity contribution in [3.05, 3.63) is 89.8 Å². The van der Waals surface area contributed by atoms with Gasteiger partial charge in [0.2, 0.25) is 27.7 Å². The molecule has 1 unspecified atom stereocenters. The first-order valence-corrected chi connectivity index (χ1v) is 14.4. The Morgan fingerprint density at radius 1 is 1.05 bits per heavy atom. The zero-order chi connectivity index (χ0) is 28.8. The van der Waals surface area contributed by atoms with Crippen LogP contribution in [0.1, 0.15) is 24.0 Å². The zero-order valence-electron chi connectivity index (χ0n) is 21.6. The van der Waals surface area contributed by atoms with Crippen LogP contribution in [-0.4, -0.2) is 42.5 Å². The normalized spacial score (nSPS) is 15.1. The third-order valence-corrected chi connectivity index (χ3v) is 7.56. The van der Waals surface area contributed by atoms with Gasteiger partial charge >= 0.3 is 0 Å². The monoisotopic (exact) mass is 577 g/mol. The number of hydrogen-bond donors (Lipinski definition) is 3. The van der Waals surface area contributed by atoms with E-state index < -0.39 is 38.8 Å². The number of benzene rings is 2. The third-order valence-electron chi connectivity index (χ3n) is 6.34. The molecule has 41 heavy (non-hydrogen) atoms. The van der Waals surface area contributed by atoms with Crippen molar-refractivity contribution in [2.45, 2.75) is 24.6 Å². The maximum atomic E-state index is 15.1. The second-order valence-electron chi connectivity index (χ2n) is 9.28. The highest BCUT2D eigenvalue weighted by atomic mass is 32.2. The van der Waals surface area contributed by atoms with Crippen LogP contribution in [0.2, 0.25) is 0 Å². The molecule has 1 atom stereocenters. The van der Waals surface area contributed by atoms with Crippen molar-refractivity contribution in [3.8, 4) is 29.0 Å². The number of aromatic nitrogens is 3. The average Bonchev–Trinajstić information content (AvgIpc) is 2.98. The molecule has 0 amide bonds. The largest absolute Gasteiger partial charge is 0.435 e. The molecule has 0 bridgehead atoms. The number of pyridine rings is 1. The number of nitriles is 1. The molecule has 1 saturated heterocycles. The van der Waals surface area contributed by atoms with Crippen LogP contribution in [0.15, 0.2) is 67.0 Å². The number of sulfonamides is 1. The second-order valence-corrected chi connectivity index (χ2v) is 11.0. The van der Waals surface area contributed by atoms with E-state index in [1.165, 1.54) is 18.3 Å². The van der Waals surface area contributed by atoms with Gasteiger partial charge in [0.1, 0.15) is 0 Å². The fraction of sp³-hybridized carbons (Fsp3) is 0.214. The number of nitrogens with zero attached hydrogens (tertiary/aromatic N) is 4. The van der Waals surface area contributed by atoms with Gasteiger partial charge in [0, 0.05) is 25.0 Å². The lowest BCUT2D eigenvalue weighted by Crippen LogP contribution is -2.38. The summed E-state index contributed by atoms with van der Waals surface area (Å²) in [6.45, 7) is 1.76. The maximum Gasteiger partial charge on any atom is 0.237 e. The molecule has 2 aromatic carbocycles. The molecule has 1 fully saturated rings. The first-order valence-electron chi connectivity index (χ1n) is 12.7. The van der Waals surface area contributed by atoms with Gasteiger partial charge in [-0.3, -0.25) is 4.72 Å². The Labute approximate surface area is 235 Å². The van der Waals surface area contributed by atoms with E-state index in [9.17, 15) is 18.1 Å². The van der Waals surface area contributed by atoms with Gasteiger partial charge in [0.25, 0.3) is 0 Å². The van der Waals surface area contributed by atoms with Gasteiger partial charge in [-0.05, 0) is 61.3 Å². The SMILES string of the molecule is N#Cc1ccccc1CS(=O)(=O)Nc1ccc(Oc2ncccc2-c2ccnc(NC3CCCNC3)n2)c(F)c1F. The standard InChI is InChI=1S/C28H25F2N7O3S/c29-25-23(37-41(38,39)17-19-6-2-1-5-18(19)15-31)9-10-24(26(25)30)40-27-21(8-4-13-33-27)22-11-14-34-28(36-22)35-20-7-3-12-32-16-20/h1-2,4-6,8-11,13-14,20,32,37H,3,7,12,16-17H2,(H,34,35,36). The maximum absolute atomic E-state index is 15.1. The van der Waals surface area contributed by atoms with Gasteiger partial charge < -0.3 is 15.4 Å². The molecule has 3 heterocycles. The highest BCUT2D eigenvalue weighted by Crippen LogP contribution is 2.34. The number of hydrogen-bond acceptors (Lipinski definition) is 9. The molecule has 1 aliphatic heterocycles. The first-order chi connectivity index (χ1) is 19.8. The number of halogens is 2. The van der Waals surface area contributed by atoms with Crippen LogP contribution in [-0.2, 0) is 15.8 Å². The number of piperidine rings is 1. The molecule has 210 valence electrons. The van der Waals surface area contributed by atoms with E-state index in [-0.39, 0.29) is 23.0 Å². The smallest absolute Gasteiger partial charge is 0.237 e. The Bertz CT molecular complexity index is 1710. The molecular formula is C28H25F2N7O3S. The van der Waals surface area contributed by atoms with Crippen molar-refractivity contribution in [2.75, 3.05) is 23.1 Å². The second kappa shape index (κ2) is 12.2. The highest BCUT2D eigenvalue weighted by Gasteiger charge is 2.22. The Balaban J connectivity index is 1.35. The molecule has 4 aromatic rings. The third kappa shape index (κ3) is 6.74. The highest BCUT2D eigenvalue weighted by molar-refractivity contribution is 7.91. The molecular weight excluding hydrogens is 552 g/mol. The van der Waals surface area contributed by atoms with Crippen LogP contribution >= 0.6 is 0 Å². The summed E-state index contributed by atoms with van der Waals surface area (Å²) in [4.78, 5) is 13.0. The van der Waals surface area contributed by atoms with E-state index in [4.69, 9.17) is 4.74 Å². The quantitative estimate of drug-likeness (QED) is 0.260. The molecule has 0 radical (unpaired) electrons. The number of ether oxygens (including phenoxy) is 1. The van der Waals surface area contributed by atoms with Crippen LogP contribution in [0.5, 0.6) is 11.6 Å². The van der Waals surface area contributed by atoms with Crippen LogP contribution in [0.4, 0.5) is 20.4 Å². The van der Waals surface area contributed by atoms with E-state index in [1.807, 2.05) is 10.8 Å². The minimum atomic E-state index is -4.17. The van der Waals surface area contributed by atoms with Crippen LogP contribution in [0.3, 0.4) is 0 Å². The van der Waals surface area contributed by atoms with Gasteiger partial charge in [-0.25, -0.2) is 27.8 Å². The van der Waals surface area contributed by atoms with Gasteiger partial charge in [-0.15, -0.1) is 0 Å². The van der Waals surface area contributed by atoms with Gasteiger partial charge in [-0.2, -0.15) is 9.65 Å². The van der Waals surface area contributed by atoms with Crippen molar-refractivity contribution in [2.24, 2.45) is 0 Å². The summed E-state index contributed by atoms with van der Waals surface area (Å²) in [5.74, 6) is -3.57. The molecule has 1 aliphatic rings. The summed E-state index contributed by atoms with van der Waals surface area (Å²) in [7, 11) is -4.17. The minimum Gasteiger partial charge on any atom is -0.435 e. The minimum absolute atomic E-state index is 0.0313. The zero-order valence-corrected chi connectivity index (χ0v) is 22.5. The molecule has 0 saturated carbocycles. The predicted molar refractivity (Wildman–Crippen MR) is 149 cm³/mol. The summed E-state index contributed by atoms with van der Waals surface area (Å²) in [6.07, 6.45) is 5.03. The molecule has 13 heteroatoms. The van der Waals surface area contributed by atoms with Gasteiger partial charge in [0.15, 0.2) is 11.6 Å². The molecule has 0 aliphatic carbocycles. The molecule has 2 aromatic heterocycles. The summed E-state index contributed by atoms with van der Waals surface area (Å²) < 4.78 is 63.1. The fourth-order valence-electron chi connectivity index (χ4n) is 4.36. The summed E-state index contributed by atoms with van der Waals surface area (Å²) in [6, 6.07) is 15.3. The summed E-state index contributed by atoms with van der Waals surface area (Å²) in [5, 5.41) is 15.8. The van der Waals surface area contributed by atoms with Crippen molar-refractivity contribution >= 4 is 21.7 Å². The van der Waals surface area contributed by atoms with Crippen molar-refractivity contribution < 1.29 is 21.9 Å². The van der Waals surface area contributed by atoms with Crippen molar-refractivity contribution in [3.63, 3.8) is 0 Å². The molecule has 0 spiro atoms. The van der Waals surface area contributed by atoms with Gasteiger partial charge in [-0.1, -0.05) is 18.2 Å². The number of nitrogens with one attached hydrogen (secondary N) is 3. The van der Waals surface area contributed by atoms with Crippen molar-refractivity contribution in [1.82, 2.24) is 20.3 Å². The lowest BCUT2D eigenvalue weighted by Gasteiger charge is -2.23. The fourth-order valence-corrected chi connectivity index (χ4v) is 5.59. The predicted octanol–water partition coefficient (Wildman–Crippen LogP) is 4.59. The lowest BCUT2D eigenvalue weighted by molar-refractivity contribution is 0.407. The lowest BCUT2D eigenvalue weighted by atomic mass is 10.1. The van der Waals surface area contributed by atoms with E-state index in [2.05, 4.69) is 25.6 Å². The topological polar surface area (TPSA) is 142 Å². The van der Waals surface area contributed by atoms with Crippen molar-refractivity contribution in [1.29, 1.82) is 5.26 Å². The number of rotatable bonds is 9. The van der Waals surface area contributed by atoms with Gasteiger partial charge in [0.05, 0.1) is 34.3 Å². The van der Waals surface area contributed by atoms with E-state index in [0.717, 1.165) is 38.1 Å². The Hall–Kier alpha value is -4.67. The molecule has 3 N–H and O–H groups in total. The van der Waals surface area contributed by atoms with Crippen LogP contribution < -0.4 is 20.1 Å². The summed E-state index contributed by atoms with van der Waals surface area (Å²) >= 11 is 0. The van der Waals surface area contributed by atoms with Crippen LogP contribution in [0, 0.1) is 23.0 Å². The Morgan fingerprint density at radius 3 is 2.71 bits per heavy atom. The van der Waals surface area contributed by atoms with E-state index >= 15 is 4.39 Å². The Morgan fingerprint density at radius 2 is 1.90 bits per heavy atom. The Kier molecular flexibility index (Phi) is 8.32.